The smallest absolute Gasteiger partial charge is 0.122 e. The molecule has 3 nitrogen and oxygen atoms in total. The van der Waals surface area contributed by atoms with Crippen molar-refractivity contribution in [2.75, 3.05) is 13.6 Å². The molecule has 0 amide bonds. The van der Waals surface area contributed by atoms with Crippen LogP contribution in [-0.4, -0.2) is 24.5 Å². The third-order valence-corrected chi connectivity index (χ3v) is 4.05. The van der Waals surface area contributed by atoms with Crippen LogP contribution in [0.3, 0.4) is 0 Å². The molecule has 1 fully saturated rings. The quantitative estimate of drug-likeness (QED) is 0.840. The molecule has 0 aliphatic heterocycles. The van der Waals surface area contributed by atoms with Gasteiger partial charge in [-0.15, -0.1) is 0 Å². The van der Waals surface area contributed by atoms with Crippen molar-refractivity contribution in [1.29, 1.82) is 0 Å². The van der Waals surface area contributed by atoms with Gasteiger partial charge >= 0.3 is 0 Å². The summed E-state index contributed by atoms with van der Waals surface area (Å²) < 4.78 is 5.66. The van der Waals surface area contributed by atoms with Gasteiger partial charge in [-0.1, -0.05) is 26.2 Å². The summed E-state index contributed by atoms with van der Waals surface area (Å²) in [6.45, 7) is 5.24. The van der Waals surface area contributed by atoms with Crippen LogP contribution < -0.4 is 5.32 Å². The Bertz CT molecular complexity index is 342. The van der Waals surface area contributed by atoms with Crippen molar-refractivity contribution in [1.82, 2.24) is 10.2 Å². The molecule has 1 aromatic heterocycles. The van der Waals surface area contributed by atoms with Gasteiger partial charge in [0.2, 0.25) is 0 Å². The highest BCUT2D eigenvalue weighted by atomic mass is 16.3. The zero-order chi connectivity index (χ0) is 12.8. The highest BCUT2D eigenvalue weighted by Crippen LogP contribution is 2.24. The van der Waals surface area contributed by atoms with Gasteiger partial charge < -0.3 is 9.73 Å². The zero-order valence-electron chi connectivity index (χ0n) is 11.7. The molecule has 1 saturated carbocycles. The van der Waals surface area contributed by atoms with Gasteiger partial charge in [0.25, 0.3) is 0 Å². The summed E-state index contributed by atoms with van der Waals surface area (Å²) in [6.07, 6.45) is 8.73. The van der Waals surface area contributed by atoms with Gasteiger partial charge in [0.05, 0.1) is 12.8 Å². The Morgan fingerprint density at radius 1 is 1.33 bits per heavy atom. The van der Waals surface area contributed by atoms with Crippen LogP contribution in [0.1, 0.15) is 50.4 Å². The van der Waals surface area contributed by atoms with E-state index in [1.54, 1.807) is 0 Å². The molecule has 2 rings (SSSR count). The average molecular weight is 250 g/mol. The van der Waals surface area contributed by atoms with Crippen LogP contribution in [-0.2, 0) is 13.1 Å². The summed E-state index contributed by atoms with van der Waals surface area (Å²) in [7, 11) is 1.98. The van der Waals surface area contributed by atoms with Crippen LogP contribution in [0, 0.1) is 0 Å². The Labute approximate surface area is 111 Å². The highest BCUT2D eigenvalue weighted by Gasteiger charge is 2.21. The molecular weight excluding hydrogens is 224 g/mol. The molecule has 0 saturated heterocycles. The van der Waals surface area contributed by atoms with Crippen LogP contribution in [0.25, 0.3) is 0 Å². The van der Waals surface area contributed by atoms with E-state index in [4.69, 9.17) is 4.42 Å². The maximum absolute atomic E-state index is 5.66. The lowest BCUT2D eigenvalue weighted by molar-refractivity contribution is 0.145. The standard InChI is InChI=1S/C15H26N2O/c1-3-17(14-7-5-4-6-8-14)12-15-13(11-16-2)9-10-18-15/h9-10,14,16H,3-8,11-12H2,1-2H3. The van der Waals surface area contributed by atoms with Gasteiger partial charge in [0.15, 0.2) is 0 Å². The Morgan fingerprint density at radius 3 is 2.78 bits per heavy atom. The fraction of sp³-hybridized carbons (Fsp3) is 0.733. The van der Waals surface area contributed by atoms with Gasteiger partial charge in [0, 0.05) is 18.2 Å². The van der Waals surface area contributed by atoms with Crippen molar-refractivity contribution in [3.63, 3.8) is 0 Å². The molecule has 1 heterocycles. The molecule has 1 N–H and O–H groups in total. The van der Waals surface area contributed by atoms with E-state index in [1.807, 2.05) is 13.3 Å². The second kappa shape index (κ2) is 6.95. The second-order valence-corrected chi connectivity index (χ2v) is 5.25. The molecule has 0 atom stereocenters. The topological polar surface area (TPSA) is 28.4 Å². The predicted octanol–water partition coefficient (Wildman–Crippen LogP) is 3.15. The van der Waals surface area contributed by atoms with Crippen LogP contribution >= 0.6 is 0 Å². The molecule has 18 heavy (non-hydrogen) atoms. The average Bonchev–Trinajstić information content (AvgIpc) is 2.85. The molecule has 3 heteroatoms. The first-order valence-electron chi connectivity index (χ1n) is 7.29. The number of hydrogen-bond donors (Lipinski definition) is 1. The first-order valence-corrected chi connectivity index (χ1v) is 7.29. The maximum Gasteiger partial charge on any atom is 0.122 e. The number of furan rings is 1. The summed E-state index contributed by atoms with van der Waals surface area (Å²) >= 11 is 0. The SMILES string of the molecule is CCN(Cc1occc1CNC)C1CCCCC1. The van der Waals surface area contributed by atoms with E-state index in [1.165, 1.54) is 37.7 Å². The lowest BCUT2D eigenvalue weighted by atomic mass is 9.94. The fourth-order valence-corrected chi connectivity index (χ4v) is 2.98. The molecule has 1 aromatic rings. The minimum atomic E-state index is 0.760. The first-order chi connectivity index (χ1) is 8.85. The van der Waals surface area contributed by atoms with Crippen LogP contribution in [0.5, 0.6) is 0 Å². The molecule has 0 radical (unpaired) electrons. The molecular formula is C15H26N2O. The lowest BCUT2D eigenvalue weighted by Crippen LogP contribution is -2.36. The third kappa shape index (κ3) is 3.36. The van der Waals surface area contributed by atoms with E-state index >= 15 is 0 Å². The van der Waals surface area contributed by atoms with Gasteiger partial charge in [-0.3, -0.25) is 4.90 Å². The predicted molar refractivity (Wildman–Crippen MR) is 74.4 cm³/mol. The van der Waals surface area contributed by atoms with E-state index in [0.29, 0.717) is 0 Å². The van der Waals surface area contributed by atoms with Gasteiger partial charge in [-0.2, -0.15) is 0 Å². The largest absolute Gasteiger partial charge is 0.468 e. The lowest BCUT2D eigenvalue weighted by Gasteiger charge is -2.33. The van der Waals surface area contributed by atoms with Crippen molar-refractivity contribution in [3.05, 3.63) is 23.7 Å². The van der Waals surface area contributed by atoms with Crippen molar-refractivity contribution < 1.29 is 4.42 Å². The van der Waals surface area contributed by atoms with E-state index in [2.05, 4.69) is 23.2 Å². The summed E-state index contributed by atoms with van der Waals surface area (Å²) in [5.41, 5.74) is 1.30. The van der Waals surface area contributed by atoms with Crippen LogP contribution in [0.15, 0.2) is 16.7 Å². The monoisotopic (exact) mass is 250 g/mol. The molecule has 1 aliphatic carbocycles. The Morgan fingerprint density at radius 2 is 2.11 bits per heavy atom. The van der Waals surface area contributed by atoms with Crippen LogP contribution in [0.4, 0.5) is 0 Å². The Hall–Kier alpha value is -0.800. The normalized spacial score (nSPS) is 17.5. The molecule has 1 aliphatic rings. The van der Waals surface area contributed by atoms with E-state index in [0.717, 1.165) is 31.4 Å². The van der Waals surface area contributed by atoms with Crippen molar-refractivity contribution in [2.45, 2.75) is 58.2 Å². The molecule has 0 unspecified atom stereocenters. The summed E-state index contributed by atoms with van der Waals surface area (Å²) in [6, 6.07) is 2.84. The molecule has 0 aromatic carbocycles. The van der Waals surface area contributed by atoms with E-state index in [9.17, 15) is 0 Å². The maximum atomic E-state index is 5.66. The van der Waals surface area contributed by atoms with Gasteiger partial charge in [-0.25, -0.2) is 0 Å². The number of nitrogens with one attached hydrogen (secondary N) is 1. The van der Waals surface area contributed by atoms with Gasteiger partial charge in [0.1, 0.15) is 5.76 Å². The summed E-state index contributed by atoms with van der Waals surface area (Å²) in [5, 5.41) is 3.20. The van der Waals surface area contributed by atoms with Crippen molar-refractivity contribution >= 4 is 0 Å². The van der Waals surface area contributed by atoms with Crippen molar-refractivity contribution in [2.24, 2.45) is 0 Å². The Kier molecular flexibility index (Phi) is 5.26. The van der Waals surface area contributed by atoms with E-state index < -0.39 is 0 Å². The number of rotatable bonds is 6. The fourth-order valence-electron chi connectivity index (χ4n) is 2.98. The third-order valence-electron chi connectivity index (χ3n) is 4.05. The summed E-state index contributed by atoms with van der Waals surface area (Å²) in [5.74, 6) is 1.14. The molecule has 0 spiro atoms. The number of nitrogens with zero attached hydrogens (tertiary/aromatic N) is 1. The van der Waals surface area contributed by atoms with Gasteiger partial charge in [-0.05, 0) is 32.5 Å². The minimum absolute atomic E-state index is 0.760. The Balaban J connectivity index is 1.98. The highest BCUT2D eigenvalue weighted by molar-refractivity contribution is 5.16. The van der Waals surface area contributed by atoms with Crippen LogP contribution in [0.2, 0.25) is 0 Å². The molecule has 0 bridgehead atoms. The number of hydrogen-bond acceptors (Lipinski definition) is 3. The first kappa shape index (κ1) is 13.6. The molecule has 102 valence electrons. The second-order valence-electron chi connectivity index (χ2n) is 5.25. The zero-order valence-corrected chi connectivity index (χ0v) is 11.7. The van der Waals surface area contributed by atoms with Crippen molar-refractivity contribution in [3.8, 4) is 0 Å². The minimum Gasteiger partial charge on any atom is -0.468 e. The summed E-state index contributed by atoms with van der Waals surface area (Å²) in [4.78, 5) is 2.58. The van der Waals surface area contributed by atoms with E-state index in [-0.39, 0.29) is 0 Å².